The third kappa shape index (κ3) is 3.50. The van der Waals surface area contributed by atoms with Crippen molar-refractivity contribution in [1.82, 2.24) is 0 Å². The molecule has 0 N–H and O–H groups in total. The molecule has 106 valence electrons. The summed E-state index contributed by atoms with van der Waals surface area (Å²) in [6, 6.07) is 5.63. The molecular weight excluding hydrogens is 260 g/mol. The first kappa shape index (κ1) is 14.4. The average Bonchev–Trinajstić information content (AvgIpc) is 2.94. The fourth-order valence-electron chi connectivity index (χ4n) is 2.57. The first-order valence-corrected chi connectivity index (χ1v) is 7.31. The monoisotopic (exact) mass is 282 g/mol. The molecule has 0 saturated heterocycles. The molecule has 0 atom stereocenters. The summed E-state index contributed by atoms with van der Waals surface area (Å²) in [5, 5.41) is 0. The molecule has 0 aliphatic heterocycles. The maximum Gasteiger partial charge on any atom is 0.126 e. The van der Waals surface area contributed by atoms with Gasteiger partial charge in [0.2, 0.25) is 0 Å². The van der Waals surface area contributed by atoms with E-state index < -0.39 is 0 Å². The van der Waals surface area contributed by atoms with E-state index in [4.69, 9.17) is 14.2 Å². The van der Waals surface area contributed by atoms with Gasteiger partial charge in [-0.15, -0.1) is 0 Å². The molecule has 1 saturated carbocycles. The highest BCUT2D eigenvalue weighted by Gasteiger charge is 2.33. The number of thiol groups is 1. The van der Waals surface area contributed by atoms with Gasteiger partial charge in [-0.2, -0.15) is 12.6 Å². The van der Waals surface area contributed by atoms with Gasteiger partial charge in [-0.3, -0.25) is 0 Å². The summed E-state index contributed by atoms with van der Waals surface area (Å²) >= 11 is 4.50. The van der Waals surface area contributed by atoms with Crippen LogP contribution in [0.25, 0.3) is 0 Å². The fraction of sp³-hybridized carbons (Fsp3) is 0.600. The number of methoxy groups -OCH3 is 2. The molecule has 2 rings (SSSR count). The Balaban J connectivity index is 2.06. The molecule has 0 spiro atoms. The molecule has 0 unspecified atom stereocenters. The molecule has 1 fully saturated rings. The number of hydrogen-bond donors (Lipinski definition) is 1. The average molecular weight is 282 g/mol. The first-order chi connectivity index (χ1) is 9.21. The SMILES string of the molecule is COc1cc(OC)cc(OCC2(CS)CCCC2)c1. The molecule has 0 aromatic heterocycles. The number of rotatable bonds is 6. The summed E-state index contributed by atoms with van der Waals surface area (Å²) < 4.78 is 16.5. The Morgan fingerprint density at radius 1 is 1.00 bits per heavy atom. The van der Waals surface area contributed by atoms with E-state index in [9.17, 15) is 0 Å². The molecule has 1 aliphatic carbocycles. The molecular formula is C15H22O3S. The van der Waals surface area contributed by atoms with Crippen molar-refractivity contribution in [3.05, 3.63) is 18.2 Å². The highest BCUT2D eigenvalue weighted by molar-refractivity contribution is 7.80. The lowest BCUT2D eigenvalue weighted by molar-refractivity contribution is 0.172. The van der Waals surface area contributed by atoms with E-state index in [0.717, 1.165) is 23.0 Å². The van der Waals surface area contributed by atoms with Crippen molar-refractivity contribution >= 4 is 12.6 Å². The van der Waals surface area contributed by atoms with Gasteiger partial charge in [-0.25, -0.2) is 0 Å². The van der Waals surface area contributed by atoms with E-state index in [1.54, 1.807) is 14.2 Å². The topological polar surface area (TPSA) is 27.7 Å². The van der Waals surface area contributed by atoms with Gasteiger partial charge in [0.15, 0.2) is 0 Å². The van der Waals surface area contributed by atoms with Crippen LogP contribution in [0, 0.1) is 5.41 Å². The molecule has 1 aromatic rings. The van der Waals surface area contributed by atoms with Crippen molar-refractivity contribution in [3.63, 3.8) is 0 Å². The Labute approximate surface area is 120 Å². The van der Waals surface area contributed by atoms with Crippen molar-refractivity contribution in [3.8, 4) is 17.2 Å². The van der Waals surface area contributed by atoms with Crippen molar-refractivity contribution in [1.29, 1.82) is 0 Å². The molecule has 0 bridgehead atoms. The third-order valence-corrected chi connectivity index (χ3v) is 4.54. The minimum absolute atomic E-state index is 0.236. The zero-order valence-corrected chi connectivity index (χ0v) is 12.5. The smallest absolute Gasteiger partial charge is 0.126 e. The minimum atomic E-state index is 0.236. The Bertz CT molecular complexity index is 392. The predicted octanol–water partition coefficient (Wildman–Crippen LogP) is 3.57. The molecule has 4 heteroatoms. The molecule has 0 radical (unpaired) electrons. The standard InChI is InChI=1S/C15H22O3S/c1-16-12-7-13(17-2)9-14(8-12)18-10-15(11-19)5-3-4-6-15/h7-9,19H,3-6,10-11H2,1-2H3. The predicted molar refractivity (Wildman–Crippen MR) is 79.8 cm³/mol. The van der Waals surface area contributed by atoms with E-state index >= 15 is 0 Å². The zero-order chi connectivity index (χ0) is 13.7. The van der Waals surface area contributed by atoms with Crippen LogP contribution in [0.2, 0.25) is 0 Å². The zero-order valence-electron chi connectivity index (χ0n) is 11.6. The van der Waals surface area contributed by atoms with Gasteiger partial charge in [-0.05, 0) is 18.6 Å². The first-order valence-electron chi connectivity index (χ1n) is 6.68. The largest absolute Gasteiger partial charge is 0.496 e. The summed E-state index contributed by atoms with van der Waals surface area (Å²) in [7, 11) is 3.29. The molecule has 0 heterocycles. The van der Waals surface area contributed by atoms with Crippen LogP contribution in [0.3, 0.4) is 0 Å². The van der Waals surface area contributed by atoms with Crippen molar-refractivity contribution in [2.24, 2.45) is 5.41 Å². The Morgan fingerprint density at radius 2 is 1.53 bits per heavy atom. The van der Waals surface area contributed by atoms with Crippen LogP contribution in [0.4, 0.5) is 0 Å². The molecule has 3 nitrogen and oxygen atoms in total. The summed E-state index contributed by atoms with van der Waals surface area (Å²) in [4.78, 5) is 0. The van der Waals surface area contributed by atoms with Crippen LogP contribution in [-0.2, 0) is 0 Å². The van der Waals surface area contributed by atoms with Gasteiger partial charge >= 0.3 is 0 Å². The lowest BCUT2D eigenvalue weighted by Gasteiger charge is -2.26. The van der Waals surface area contributed by atoms with E-state index in [1.807, 2.05) is 18.2 Å². The minimum Gasteiger partial charge on any atom is -0.496 e. The van der Waals surface area contributed by atoms with Crippen LogP contribution < -0.4 is 14.2 Å². The Kier molecular flexibility index (Phi) is 4.86. The second-order valence-electron chi connectivity index (χ2n) is 5.20. The summed E-state index contributed by atoms with van der Waals surface area (Å²) in [5.41, 5.74) is 0.236. The van der Waals surface area contributed by atoms with Crippen LogP contribution in [-0.4, -0.2) is 26.6 Å². The fourth-order valence-corrected chi connectivity index (χ4v) is 2.98. The van der Waals surface area contributed by atoms with E-state index in [-0.39, 0.29) is 5.41 Å². The maximum atomic E-state index is 5.96. The van der Waals surface area contributed by atoms with E-state index in [0.29, 0.717) is 6.61 Å². The van der Waals surface area contributed by atoms with Gasteiger partial charge in [0, 0.05) is 23.6 Å². The van der Waals surface area contributed by atoms with Crippen LogP contribution in [0.5, 0.6) is 17.2 Å². The lowest BCUT2D eigenvalue weighted by Crippen LogP contribution is -2.27. The van der Waals surface area contributed by atoms with Crippen LogP contribution >= 0.6 is 12.6 Å². The quantitative estimate of drug-likeness (QED) is 0.808. The van der Waals surface area contributed by atoms with Gasteiger partial charge in [-0.1, -0.05) is 12.8 Å². The van der Waals surface area contributed by atoms with E-state index in [2.05, 4.69) is 12.6 Å². The summed E-state index contributed by atoms with van der Waals surface area (Å²) in [6.45, 7) is 0.715. The Morgan fingerprint density at radius 3 is 2.00 bits per heavy atom. The van der Waals surface area contributed by atoms with Gasteiger partial charge < -0.3 is 14.2 Å². The molecule has 0 amide bonds. The third-order valence-electron chi connectivity index (χ3n) is 3.87. The maximum absolute atomic E-state index is 5.96. The summed E-state index contributed by atoms with van der Waals surface area (Å²) in [6.07, 6.45) is 4.98. The molecule has 1 aromatic carbocycles. The number of benzene rings is 1. The van der Waals surface area contributed by atoms with Crippen molar-refractivity contribution < 1.29 is 14.2 Å². The Hall–Kier alpha value is -1.03. The number of ether oxygens (including phenoxy) is 3. The highest BCUT2D eigenvalue weighted by atomic mass is 32.1. The van der Waals surface area contributed by atoms with Gasteiger partial charge in [0.1, 0.15) is 17.2 Å². The van der Waals surface area contributed by atoms with Crippen LogP contribution in [0.1, 0.15) is 25.7 Å². The van der Waals surface area contributed by atoms with Crippen molar-refractivity contribution in [2.45, 2.75) is 25.7 Å². The molecule has 19 heavy (non-hydrogen) atoms. The second-order valence-corrected chi connectivity index (χ2v) is 5.52. The highest BCUT2D eigenvalue weighted by Crippen LogP contribution is 2.40. The second kappa shape index (κ2) is 6.42. The summed E-state index contributed by atoms with van der Waals surface area (Å²) in [5.74, 6) is 3.18. The van der Waals surface area contributed by atoms with Gasteiger partial charge in [0.25, 0.3) is 0 Å². The van der Waals surface area contributed by atoms with E-state index in [1.165, 1.54) is 25.7 Å². The number of hydrogen-bond acceptors (Lipinski definition) is 4. The van der Waals surface area contributed by atoms with Crippen molar-refractivity contribution in [2.75, 3.05) is 26.6 Å². The lowest BCUT2D eigenvalue weighted by atomic mass is 9.90. The van der Waals surface area contributed by atoms with Gasteiger partial charge in [0.05, 0.1) is 20.8 Å². The molecule has 1 aliphatic rings. The van der Waals surface area contributed by atoms with Crippen LogP contribution in [0.15, 0.2) is 18.2 Å². The normalized spacial score (nSPS) is 17.2.